The van der Waals surface area contributed by atoms with E-state index in [0.717, 1.165) is 18.6 Å². The molecule has 3 nitrogen and oxygen atoms in total. The molecule has 1 aromatic rings. The Morgan fingerprint density at radius 2 is 2.06 bits per heavy atom. The van der Waals surface area contributed by atoms with Gasteiger partial charge in [0.15, 0.2) is 0 Å². The number of carbonyl (C=O) groups excluding carboxylic acids is 1. The van der Waals surface area contributed by atoms with Gasteiger partial charge >= 0.3 is 0 Å². The minimum Gasteiger partial charge on any atom is -0.494 e. The number of nitrogens with two attached hydrogens (primary N) is 1. The molecule has 0 aliphatic carbocycles. The van der Waals surface area contributed by atoms with E-state index in [1.807, 2.05) is 36.4 Å². The monoisotopic (exact) mass is 219 g/mol. The number of ether oxygens (including phenoxy) is 1. The van der Waals surface area contributed by atoms with E-state index in [-0.39, 0.29) is 5.91 Å². The highest BCUT2D eigenvalue weighted by Gasteiger charge is 1.95. The van der Waals surface area contributed by atoms with E-state index in [2.05, 4.69) is 0 Å². The van der Waals surface area contributed by atoms with Crippen molar-refractivity contribution in [2.75, 3.05) is 6.61 Å². The van der Waals surface area contributed by atoms with Crippen LogP contribution >= 0.6 is 0 Å². The molecule has 0 saturated carbocycles. The van der Waals surface area contributed by atoms with Crippen LogP contribution in [0, 0.1) is 0 Å². The van der Waals surface area contributed by atoms with Gasteiger partial charge in [0, 0.05) is 5.57 Å². The Balaban J connectivity index is 2.18. The lowest BCUT2D eigenvalue weighted by Gasteiger charge is -2.04. The first kappa shape index (κ1) is 12.3. The van der Waals surface area contributed by atoms with Crippen molar-refractivity contribution in [3.05, 3.63) is 42.0 Å². The van der Waals surface area contributed by atoms with Gasteiger partial charge in [0.05, 0.1) is 6.61 Å². The quantitative estimate of drug-likeness (QED) is 0.589. The largest absolute Gasteiger partial charge is 0.494 e. The number of para-hydroxylation sites is 1. The minimum absolute atomic E-state index is 0.357. The summed E-state index contributed by atoms with van der Waals surface area (Å²) in [5, 5.41) is 0. The van der Waals surface area contributed by atoms with Crippen molar-refractivity contribution in [3.63, 3.8) is 0 Å². The molecule has 2 N–H and O–H groups in total. The standard InChI is InChI=1S/C13H17NO2/c1-11(13(14)15)7-5-6-10-16-12-8-3-2-4-9-12/h2-4,7-9H,5-6,10H2,1H3,(H2,14,15). The average molecular weight is 219 g/mol. The number of hydrogen-bond acceptors (Lipinski definition) is 2. The van der Waals surface area contributed by atoms with E-state index < -0.39 is 0 Å². The zero-order valence-corrected chi connectivity index (χ0v) is 9.48. The molecule has 0 spiro atoms. The van der Waals surface area contributed by atoms with Gasteiger partial charge in [-0.3, -0.25) is 4.79 Å². The average Bonchev–Trinajstić information content (AvgIpc) is 2.29. The Labute approximate surface area is 95.9 Å². The van der Waals surface area contributed by atoms with Crippen molar-refractivity contribution in [2.24, 2.45) is 5.73 Å². The summed E-state index contributed by atoms with van der Waals surface area (Å²) in [5.74, 6) is 0.516. The molecule has 0 unspecified atom stereocenters. The van der Waals surface area contributed by atoms with Gasteiger partial charge in [-0.25, -0.2) is 0 Å². The smallest absolute Gasteiger partial charge is 0.244 e. The van der Waals surface area contributed by atoms with E-state index in [9.17, 15) is 4.79 Å². The van der Waals surface area contributed by atoms with Crippen LogP contribution in [-0.2, 0) is 4.79 Å². The molecule has 0 fully saturated rings. The van der Waals surface area contributed by atoms with Crippen molar-refractivity contribution in [1.82, 2.24) is 0 Å². The summed E-state index contributed by atoms with van der Waals surface area (Å²) in [6.07, 6.45) is 3.53. The topological polar surface area (TPSA) is 52.3 Å². The molecule has 16 heavy (non-hydrogen) atoms. The predicted octanol–water partition coefficient (Wildman–Crippen LogP) is 2.28. The van der Waals surface area contributed by atoms with Crippen LogP contribution in [-0.4, -0.2) is 12.5 Å². The number of unbranched alkanes of at least 4 members (excludes halogenated alkanes) is 1. The molecule has 0 aromatic heterocycles. The minimum atomic E-state index is -0.357. The number of amides is 1. The summed E-state index contributed by atoms with van der Waals surface area (Å²) in [6, 6.07) is 9.67. The van der Waals surface area contributed by atoms with Crippen molar-refractivity contribution >= 4 is 5.91 Å². The molecule has 0 radical (unpaired) electrons. The molecule has 0 saturated heterocycles. The first-order valence-electron chi connectivity index (χ1n) is 5.34. The highest BCUT2D eigenvalue weighted by molar-refractivity contribution is 5.91. The summed E-state index contributed by atoms with van der Waals surface area (Å²) < 4.78 is 5.50. The van der Waals surface area contributed by atoms with Crippen molar-refractivity contribution in [1.29, 1.82) is 0 Å². The maximum absolute atomic E-state index is 10.7. The summed E-state index contributed by atoms with van der Waals surface area (Å²) in [6.45, 7) is 2.37. The SMILES string of the molecule is CC(=CCCCOc1ccccc1)C(N)=O. The van der Waals surface area contributed by atoms with E-state index >= 15 is 0 Å². The fourth-order valence-corrected chi connectivity index (χ4v) is 1.21. The van der Waals surface area contributed by atoms with Crippen LogP contribution in [0.2, 0.25) is 0 Å². The predicted molar refractivity (Wildman–Crippen MR) is 64.1 cm³/mol. The van der Waals surface area contributed by atoms with Gasteiger partial charge in [-0.2, -0.15) is 0 Å². The molecule has 0 heterocycles. The lowest BCUT2D eigenvalue weighted by Crippen LogP contribution is -2.11. The fraction of sp³-hybridized carbons (Fsp3) is 0.308. The van der Waals surface area contributed by atoms with Crippen LogP contribution in [0.4, 0.5) is 0 Å². The van der Waals surface area contributed by atoms with Gasteiger partial charge < -0.3 is 10.5 Å². The van der Waals surface area contributed by atoms with Crippen LogP contribution in [0.1, 0.15) is 19.8 Å². The van der Waals surface area contributed by atoms with Crippen LogP contribution in [0.3, 0.4) is 0 Å². The summed E-state index contributed by atoms with van der Waals surface area (Å²) >= 11 is 0. The molecule has 0 aliphatic heterocycles. The van der Waals surface area contributed by atoms with Gasteiger partial charge in [0.2, 0.25) is 5.91 Å². The molecule has 1 amide bonds. The normalized spacial score (nSPS) is 11.2. The van der Waals surface area contributed by atoms with Crippen molar-refractivity contribution in [2.45, 2.75) is 19.8 Å². The molecule has 0 aliphatic rings. The van der Waals surface area contributed by atoms with Gasteiger partial charge in [-0.05, 0) is 31.9 Å². The summed E-state index contributed by atoms with van der Waals surface area (Å²) in [7, 11) is 0. The van der Waals surface area contributed by atoms with E-state index in [0.29, 0.717) is 12.2 Å². The van der Waals surface area contributed by atoms with Gasteiger partial charge in [-0.1, -0.05) is 24.3 Å². The van der Waals surface area contributed by atoms with E-state index in [1.165, 1.54) is 0 Å². The second-order valence-corrected chi connectivity index (χ2v) is 3.56. The van der Waals surface area contributed by atoms with Crippen LogP contribution in [0.15, 0.2) is 42.0 Å². The van der Waals surface area contributed by atoms with Crippen molar-refractivity contribution in [3.8, 4) is 5.75 Å². The summed E-state index contributed by atoms with van der Waals surface area (Å²) in [4.78, 5) is 10.7. The highest BCUT2D eigenvalue weighted by Crippen LogP contribution is 2.09. The zero-order chi connectivity index (χ0) is 11.8. The fourth-order valence-electron chi connectivity index (χ4n) is 1.21. The first-order chi connectivity index (χ1) is 7.70. The maximum Gasteiger partial charge on any atom is 0.244 e. The number of carbonyl (C=O) groups is 1. The Morgan fingerprint density at radius 1 is 1.38 bits per heavy atom. The van der Waals surface area contributed by atoms with Crippen LogP contribution < -0.4 is 10.5 Å². The Bertz CT molecular complexity index is 357. The Morgan fingerprint density at radius 3 is 2.69 bits per heavy atom. The molecular formula is C13H17NO2. The molecule has 1 aromatic carbocycles. The molecular weight excluding hydrogens is 202 g/mol. The van der Waals surface area contributed by atoms with E-state index in [4.69, 9.17) is 10.5 Å². The van der Waals surface area contributed by atoms with Gasteiger partial charge in [0.1, 0.15) is 5.75 Å². The van der Waals surface area contributed by atoms with Crippen LogP contribution in [0.5, 0.6) is 5.75 Å². The third-order valence-corrected chi connectivity index (χ3v) is 2.20. The molecule has 0 bridgehead atoms. The number of hydrogen-bond donors (Lipinski definition) is 1. The number of primary amides is 1. The number of allylic oxidation sites excluding steroid dienone is 1. The number of benzene rings is 1. The number of rotatable bonds is 6. The lowest BCUT2D eigenvalue weighted by molar-refractivity contribution is -0.114. The summed E-state index contributed by atoms with van der Waals surface area (Å²) in [5.41, 5.74) is 5.71. The lowest BCUT2D eigenvalue weighted by atomic mass is 10.2. The third-order valence-electron chi connectivity index (χ3n) is 2.20. The second-order valence-electron chi connectivity index (χ2n) is 3.56. The zero-order valence-electron chi connectivity index (χ0n) is 9.48. The Hall–Kier alpha value is -1.77. The Kier molecular flexibility index (Phi) is 5.12. The highest BCUT2D eigenvalue weighted by atomic mass is 16.5. The van der Waals surface area contributed by atoms with Crippen molar-refractivity contribution < 1.29 is 9.53 Å². The maximum atomic E-state index is 10.7. The molecule has 86 valence electrons. The second kappa shape index (κ2) is 6.67. The van der Waals surface area contributed by atoms with Crippen LogP contribution in [0.25, 0.3) is 0 Å². The third kappa shape index (κ3) is 4.64. The van der Waals surface area contributed by atoms with Gasteiger partial charge in [-0.15, -0.1) is 0 Å². The first-order valence-corrected chi connectivity index (χ1v) is 5.34. The molecule has 3 heteroatoms. The molecule has 1 rings (SSSR count). The van der Waals surface area contributed by atoms with E-state index in [1.54, 1.807) is 6.92 Å². The van der Waals surface area contributed by atoms with Gasteiger partial charge in [0.25, 0.3) is 0 Å². The molecule has 0 atom stereocenters.